The fourth-order valence-corrected chi connectivity index (χ4v) is 4.37. The average molecular weight is 414 g/mol. The topological polar surface area (TPSA) is 28.5 Å². The summed E-state index contributed by atoms with van der Waals surface area (Å²) in [6, 6.07) is 12.6. The van der Waals surface area contributed by atoms with Crippen LogP contribution in [0.15, 0.2) is 48.7 Å². The van der Waals surface area contributed by atoms with Crippen molar-refractivity contribution in [1.82, 2.24) is 14.4 Å². The van der Waals surface area contributed by atoms with Gasteiger partial charge < -0.3 is 9.47 Å². The van der Waals surface area contributed by atoms with E-state index in [4.69, 9.17) is 11.6 Å². The summed E-state index contributed by atoms with van der Waals surface area (Å²) in [5.74, 6) is -0.251. The van der Waals surface area contributed by atoms with E-state index in [2.05, 4.69) is 18.7 Å². The molecule has 1 fully saturated rings. The Bertz CT molecular complexity index is 1050. The number of fused-ring (bicyclic) bond motifs is 1. The normalized spacial score (nSPS) is 20.4. The Hall–Kier alpha value is -2.37. The van der Waals surface area contributed by atoms with Crippen molar-refractivity contribution < 1.29 is 9.18 Å². The summed E-state index contributed by atoms with van der Waals surface area (Å²) in [7, 11) is 1.96. The molecule has 0 saturated carbocycles. The molecule has 1 aliphatic rings. The highest BCUT2D eigenvalue weighted by Crippen LogP contribution is 2.28. The number of aryl methyl sites for hydroxylation is 1. The molecule has 0 spiro atoms. The summed E-state index contributed by atoms with van der Waals surface area (Å²) in [4.78, 5) is 17.6. The number of rotatable bonds is 3. The maximum Gasteiger partial charge on any atom is 0.255 e. The van der Waals surface area contributed by atoms with Gasteiger partial charge in [-0.15, -0.1) is 0 Å². The average Bonchev–Trinajstić information content (AvgIpc) is 3.05. The molecular weight excluding hydrogens is 389 g/mol. The smallest absolute Gasteiger partial charge is 0.255 e. The van der Waals surface area contributed by atoms with Crippen LogP contribution in [-0.4, -0.2) is 45.4 Å². The molecule has 1 amide bonds. The molecule has 1 aliphatic heterocycles. The van der Waals surface area contributed by atoms with Crippen LogP contribution in [-0.2, 0) is 13.6 Å². The van der Waals surface area contributed by atoms with Crippen molar-refractivity contribution in [3.05, 3.63) is 70.6 Å². The molecule has 2 heterocycles. The minimum Gasteiger partial charge on any atom is -0.351 e. The van der Waals surface area contributed by atoms with Gasteiger partial charge in [0, 0.05) is 55.9 Å². The van der Waals surface area contributed by atoms with Crippen molar-refractivity contribution in [1.29, 1.82) is 0 Å². The lowest BCUT2D eigenvalue weighted by Crippen LogP contribution is -2.57. The molecular formula is C23H25ClFN3O. The maximum atomic E-state index is 13.3. The summed E-state index contributed by atoms with van der Waals surface area (Å²) in [6.07, 6.45) is 1.97. The molecule has 152 valence electrons. The van der Waals surface area contributed by atoms with Gasteiger partial charge in [0.2, 0.25) is 0 Å². The quantitative estimate of drug-likeness (QED) is 0.622. The third-order valence-corrected chi connectivity index (χ3v) is 6.19. The molecule has 0 bridgehead atoms. The number of hydrogen-bond acceptors (Lipinski definition) is 2. The van der Waals surface area contributed by atoms with Gasteiger partial charge in [-0.1, -0.05) is 23.7 Å². The van der Waals surface area contributed by atoms with Gasteiger partial charge >= 0.3 is 0 Å². The fourth-order valence-electron chi connectivity index (χ4n) is 4.14. The molecule has 6 heteroatoms. The van der Waals surface area contributed by atoms with Crippen LogP contribution in [0, 0.1) is 5.82 Å². The lowest BCUT2D eigenvalue weighted by Gasteiger charge is -2.44. The van der Waals surface area contributed by atoms with Crippen LogP contribution in [0.5, 0.6) is 0 Å². The second-order valence-electron chi connectivity index (χ2n) is 8.03. The van der Waals surface area contributed by atoms with E-state index in [1.807, 2.05) is 53.0 Å². The second kappa shape index (κ2) is 7.81. The molecule has 0 N–H and O–H groups in total. The first-order chi connectivity index (χ1) is 13.8. The third-order valence-electron chi connectivity index (χ3n) is 5.88. The predicted octanol–water partition coefficient (Wildman–Crippen LogP) is 4.71. The number of amides is 1. The van der Waals surface area contributed by atoms with E-state index in [0.717, 1.165) is 29.6 Å². The number of aromatic nitrogens is 1. The Kier molecular flexibility index (Phi) is 5.36. The Labute approximate surface area is 175 Å². The molecule has 0 aliphatic carbocycles. The van der Waals surface area contributed by atoms with E-state index in [1.165, 1.54) is 12.1 Å². The van der Waals surface area contributed by atoms with Gasteiger partial charge in [0.15, 0.2) is 0 Å². The molecule has 3 aromatic rings. The number of halogens is 2. The van der Waals surface area contributed by atoms with Crippen molar-refractivity contribution in [3.63, 3.8) is 0 Å². The molecule has 1 saturated heterocycles. The fraction of sp³-hybridized carbons (Fsp3) is 0.348. The van der Waals surface area contributed by atoms with E-state index < -0.39 is 0 Å². The summed E-state index contributed by atoms with van der Waals surface area (Å²) < 4.78 is 15.2. The van der Waals surface area contributed by atoms with Gasteiger partial charge in [-0.2, -0.15) is 0 Å². The van der Waals surface area contributed by atoms with Crippen LogP contribution in [0.3, 0.4) is 0 Å². The van der Waals surface area contributed by atoms with Gasteiger partial charge in [0.1, 0.15) is 5.82 Å². The van der Waals surface area contributed by atoms with Crippen molar-refractivity contribution in [2.24, 2.45) is 7.05 Å². The van der Waals surface area contributed by atoms with Gasteiger partial charge in [0.25, 0.3) is 5.91 Å². The van der Waals surface area contributed by atoms with Crippen molar-refractivity contribution in [2.45, 2.75) is 32.5 Å². The molecule has 0 radical (unpaired) electrons. The van der Waals surface area contributed by atoms with Crippen molar-refractivity contribution >= 4 is 28.4 Å². The van der Waals surface area contributed by atoms with Crippen LogP contribution in [0.2, 0.25) is 5.02 Å². The summed E-state index contributed by atoms with van der Waals surface area (Å²) in [5.41, 5.74) is 2.64. The second-order valence-corrected chi connectivity index (χ2v) is 8.44. The minimum atomic E-state index is -0.224. The SMILES string of the molecule is CC1CN(C(=O)c2cc3ccn(C)c3cc2Cl)C(C)CN1Cc1ccc(F)cc1. The van der Waals surface area contributed by atoms with Gasteiger partial charge in [-0.3, -0.25) is 9.69 Å². The lowest BCUT2D eigenvalue weighted by molar-refractivity contribution is 0.0291. The van der Waals surface area contributed by atoms with Crippen molar-refractivity contribution in [3.8, 4) is 0 Å². The highest BCUT2D eigenvalue weighted by molar-refractivity contribution is 6.34. The largest absolute Gasteiger partial charge is 0.351 e. The first-order valence-electron chi connectivity index (χ1n) is 9.87. The molecule has 2 atom stereocenters. The molecule has 1 aromatic heterocycles. The number of nitrogens with zero attached hydrogens (tertiary/aromatic N) is 3. The van der Waals surface area contributed by atoms with Crippen LogP contribution in [0.1, 0.15) is 29.8 Å². The molecule has 2 unspecified atom stereocenters. The zero-order chi connectivity index (χ0) is 20.7. The first-order valence-corrected chi connectivity index (χ1v) is 10.3. The maximum absolute atomic E-state index is 13.3. The number of carbonyl (C=O) groups is 1. The highest BCUT2D eigenvalue weighted by Gasteiger charge is 2.33. The summed E-state index contributed by atoms with van der Waals surface area (Å²) >= 11 is 6.48. The van der Waals surface area contributed by atoms with Gasteiger partial charge in [-0.05, 0) is 49.7 Å². The van der Waals surface area contributed by atoms with Crippen LogP contribution < -0.4 is 0 Å². The monoisotopic (exact) mass is 413 g/mol. The van der Waals surface area contributed by atoms with Crippen molar-refractivity contribution in [2.75, 3.05) is 13.1 Å². The highest BCUT2D eigenvalue weighted by atomic mass is 35.5. The summed E-state index contributed by atoms with van der Waals surface area (Å²) in [5, 5.41) is 1.49. The van der Waals surface area contributed by atoms with E-state index in [1.54, 1.807) is 0 Å². The zero-order valence-electron chi connectivity index (χ0n) is 16.9. The van der Waals surface area contributed by atoms with Gasteiger partial charge in [-0.25, -0.2) is 4.39 Å². The molecule has 2 aromatic carbocycles. The third kappa shape index (κ3) is 3.89. The van der Waals surface area contributed by atoms with Crippen LogP contribution in [0.4, 0.5) is 4.39 Å². The minimum absolute atomic E-state index is 0.0264. The Morgan fingerprint density at radius 3 is 2.55 bits per heavy atom. The summed E-state index contributed by atoms with van der Waals surface area (Å²) in [6.45, 7) is 6.32. The standard InChI is InChI=1S/C23H25ClFN3O/c1-15-13-28(16(2)12-27(15)14-17-4-6-19(25)7-5-17)23(29)20-10-18-8-9-26(3)22(18)11-21(20)24/h4-11,15-16H,12-14H2,1-3H3. The predicted molar refractivity (Wildman–Crippen MR) is 115 cm³/mol. The van der Waals surface area contributed by atoms with Crippen LogP contribution in [0.25, 0.3) is 10.9 Å². The number of hydrogen-bond donors (Lipinski definition) is 0. The lowest BCUT2D eigenvalue weighted by atomic mass is 10.0. The Morgan fingerprint density at radius 1 is 1.10 bits per heavy atom. The van der Waals surface area contributed by atoms with Crippen LogP contribution >= 0.6 is 11.6 Å². The Balaban J connectivity index is 1.52. The van der Waals surface area contributed by atoms with E-state index in [9.17, 15) is 9.18 Å². The molecule has 4 rings (SSSR count). The van der Waals surface area contributed by atoms with Gasteiger partial charge in [0.05, 0.1) is 10.6 Å². The number of benzene rings is 2. The van der Waals surface area contributed by atoms with E-state index >= 15 is 0 Å². The number of piperazine rings is 1. The van der Waals surface area contributed by atoms with E-state index in [0.29, 0.717) is 17.1 Å². The number of carbonyl (C=O) groups excluding carboxylic acids is 1. The molecule has 4 nitrogen and oxygen atoms in total. The van der Waals surface area contributed by atoms with E-state index in [-0.39, 0.29) is 23.8 Å². The zero-order valence-corrected chi connectivity index (χ0v) is 17.7. The Morgan fingerprint density at radius 2 is 1.83 bits per heavy atom. The first kappa shape index (κ1) is 19.9. The molecule has 29 heavy (non-hydrogen) atoms.